The van der Waals surface area contributed by atoms with Gasteiger partial charge in [0, 0.05) is 12.7 Å². The van der Waals surface area contributed by atoms with Crippen LogP contribution in [-0.2, 0) is 6.54 Å². The van der Waals surface area contributed by atoms with Crippen LogP contribution in [0.5, 0.6) is 0 Å². The van der Waals surface area contributed by atoms with Crippen molar-refractivity contribution in [1.82, 2.24) is 24.6 Å². The van der Waals surface area contributed by atoms with Crippen molar-refractivity contribution in [2.45, 2.75) is 19.5 Å². The number of carbonyl (C=O) groups excluding carboxylic acids is 1. The maximum atomic E-state index is 12.7. The van der Waals surface area contributed by atoms with Gasteiger partial charge in [-0.3, -0.25) is 9.48 Å². The zero-order valence-electron chi connectivity index (χ0n) is 12.0. The second-order valence-corrected chi connectivity index (χ2v) is 5.93. The highest BCUT2D eigenvalue weighted by molar-refractivity contribution is 6.35. The molecule has 1 N–H and O–H groups in total. The van der Waals surface area contributed by atoms with Crippen LogP contribution in [0.1, 0.15) is 29.3 Å². The summed E-state index contributed by atoms with van der Waals surface area (Å²) in [7, 11) is 0. The van der Waals surface area contributed by atoms with Gasteiger partial charge in [-0.1, -0.05) is 17.7 Å². The molecule has 1 aliphatic rings. The molecule has 2 aromatic heterocycles. The van der Waals surface area contributed by atoms with Gasteiger partial charge >= 0.3 is 0 Å². The fraction of sp³-hybridized carbons (Fsp3) is 0.267. The van der Waals surface area contributed by atoms with E-state index >= 15 is 0 Å². The van der Waals surface area contributed by atoms with Crippen molar-refractivity contribution >= 4 is 28.5 Å². The van der Waals surface area contributed by atoms with Gasteiger partial charge in [0.05, 0.1) is 28.8 Å². The Labute approximate surface area is 131 Å². The van der Waals surface area contributed by atoms with E-state index in [0.717, 1.165) is 11.2 Å². The Bertz CT molecular complexity index is 868. The molecule has 1 aliphatic heterocycles. The Morgan fingerprint density at radius 3 is 3.09 bits per heavy atom. The monoisotopic (exact) mass is 315 g/mol. The van der Waals surface area contributed by atoms with E-state index in [2.05, 4.69) is 15.1 Å². The first kappa shape index (κ1) is 13.3. The lowest BCUT2D eigenvalue weighted by Gasteiger charge is -2.31. The van der Waals surface area contributed by atoms with E-state index in [-0.39, 0.29) is 11.9 Å². The van der Waals surface area contributed by atoms with E-state index in [1.54, 1.807) is 17.2 Å². The third-order valence-corrected chi connectivity index (χ3v) is 4.27. The normalized spacial score (nSPS) is 17.7. The minimum absolute atomic E-state index is 0.119. The van der Waals surface area contributed by atoms with Gasteiger partial charge in [0.15, 0.2) is 5.82 Å². The number of aromatic nitrogens is 4. The third-order valence-electron chi connectivity index (χ3n) is 3.96. The van der Waals surface area contributed by atoms with E-state index < -0.39 is 0 Å². The topological polar surface area (TPSA) is 66.8 Å². The average Bonchev–Trinajstić information content (AvgIpc) is 3.13. The first-order chi connectivity index (χ1) is 10.6. The van der Waals surface area contributed by atoms with Crippen LogP contribution in [0.2, 0.25) is 5.02 Å². The highest BCUT2D eigenvalue weighted by Crippen LogP contribution is 2.24. The molecule has 112 valence electrons. The lowest BCUT2D eigenvalue weighted by molar-refractivity contribution is 0.0666. The van der Waals surface area contributed by atoms with Gasteiger partial charge in [0.1, 0.15) is 5.52 Å². The number of nitrogens with zero attached hydrogens (tertiary/aromatic N) is 4. The van der Waals surface area contributed by atoms with Gasteiger partial charge in [-0.25, -0.2) is 4.98 Å². The van der Waals surface area contributed by atoms with E-state index in [9.17, 15) is 4.79 Å². The minimum Gasteiger partial charge on any atom is -0.334 e. The number of rotatable bonds is 1. The number of nitrogens with one attached hydrogen (secondary N) is 1. The Kier molecular flexibility index (Phi) is 2.94. The fourth-order valence-electron chi connectivity index (χ4n) is 2.92. The smallest absolute Gasteiger partial charge is 0.290 e. The predicted molar refractivity (Wildman–Crippen MR) is 82.8 cm³/mol. The van der Waals surface area contributed by atoms with Crippen LogP contribution in [0, 0.1) is 0 Å². The molecule has 0 fully saturated rings. The molecule has 0 aliphatic carbocycles. The highest BCUT2D eigenvalue weighted by Gasteiger charge is 2.28. The number of hydrogen-bond acceptors (Lipinski definition) is 3. The van der Waals surface area contributed by atoms with Crippen molar-refractivity contribution in [3.63, 3.8) is 0 Å². The standard InChI is InChI=1S/C15H14ClN5O/c1-9-7-20(8-10-5-6-17-21(9)10)15(22)14-18-12-4-2-3-11(16)13(12)19-14/h2-6,9H,7-8H2,1H3,(H,18,19)/t9-/m0/s1. The van der Waals surface area contributed by atoms with Gasteiger partial charge in [-0.15, -0.1) is 0 Å². The maximum Gasteiger partial charge on any atom is 0.290 e. The minimum atomic E-state index is -0.119. The number of hydrogen-bond donors (Lipinski definition) is 1. The Morgan fingerprint density at radius 1 is 1.41 bits per heavy atom. The molecule has 0 saturated carbocycles. The van der Waals surface area contributed by atoms with Crippen molar-refractivity contribution in [3.8, 4) is 0 Å². The largest absolute Gasteiger partial charge is 0.334 e. The Balaban J connectivity index is 1.68. The van der Waals surface area contributed by atoms with Crippen molar-refractivity contribution in [2.24, 2.45) is 0 Å². The average molecular weight is 316 g/mol. The number of aromatic amines is 1. The van der Waals surface area contributed by atoms with Crippen LogP contribution in [0.3, 0.4) is 0 Å². The molecule has 6 nitrogen and oxygen atoms in total. The van der Waals surface area contributed by atoms with Gasteiger partial charge in [-0.05, 0) is 25.1 Å². The Morgan fingerprint density at radius 2 is 2.27 bits per heavy atom. The van der Waals surface area contributed by atoms with Gasteiger partial charge in [-0.2, -0.15) is 5.10 Å². The quantitative estimate of drug-likeness (QED) is 0.750. The molecular weight excluding hydrogens is 302 g/mol. The highest BCUT2D eigenvalue weighted by atomic mass is 35.5. The molecule has 0 unspecified atom stereocenters. The number of H-pyrrole nitrogens is 1. The first-order valence-corrected chi connectivity index (χ1v) is 7.47. The van der Waals surface area contributed by atoms with E-state index in [1.807, 2.05) is 29.8 Å². The molecule has 0 bridgehead atoms. The number of fused-ring (bicyclic) bond motifs is 2. The van der Waals surface area contributed by atoms with Crippen LogP contribution in [0.4, 0.5) is 0 Å². The zero-order chi connectivity index (χ0) is 15.3. The summed E-state index contributed by atoms with van der Waals surface area (Å²) in [5.41, 5.74) is 2.43. The molecule has 0 spiro atoms. The third kappa shape index (κ3) is 1.99. The molecule has 7 heteroatoms. The van der Waals surface area contributed by atoms with Crippen LogP contribution in [-0.4, -0.2) is 37.1 Å². The number of carbonyl (C=O) groups is 1. The lowest BCUT2D eigenvalue weighted by atomic mass is 10.2. The van der Waals surface area contributed by atoms with Crippen LogP contribution in [0.25, 0.3) is 11.0 Å². The molecule has 4 rings (SSSR count). The summed E-state index contributed by atoms with van der Waals surface area (Å²) in [6.45, 7) is 3.19. The van der Waals surface area contributed by atoms with Gasteiger partial charge in [0.25, 0.3) is 5.91 Å². The predicted octanol–water partition coefficient (Wildman–Crippen LogP) is 2.63. The summed E-state index contributed by atoms with van der Waals surface area (Å²) in [5.74, 6) is 0.204. The van der Waals surface area contributed by atoms with Crippen molar-refractivity contribution in [2.75, 3.05) is 6.54 Å². The van der Waals surface area contributed by atoms with E-state index in [4.69, 9.17) is 11.6 Å². The second-order valence-electron chi connectivity index (χ2n) is 5.52. The van der Waals surface area contributed by atoms with E-state index in [0.29, 0.717) is 29.5 Å². The molecule has 22 heavy (non-hydrogen) atoms. The first-order valence-electron chi connectivity index (χ1n) is 7.09. The molecule has 1 amide bonds. The van der Waals surface area contributed by atoms with Crippen LogP contribution < -0.4 is 0 Å². The summed E-state index contributed by atoms with van der Waals surface area (Å²) in [6, 6.07) is 7.54. The van der Waals surface area contributed by atoms with Gasteiger partial charge < -0.3 is 9.88 Å². The Hall–Kier alpha value is -2.34. The van der Waals surface area contributed by atoms with Gasteiger partial charge in [0.2, 0.25) is 0 Å². The molecule has 0 saturated heterocycles. The number of halogens is 1. The summed E-state index contributed by atoms with van der Waals surface area (Å²) >= 11 is 6.12. The summed E-state index contributed by atoms with van der Waals surface area (Å²) < 4.78 is 1.96. The number of benzene rings is 1. The molecule has 1 aromatic carbocycles. The molecular formula is C15H14ClN5O. The number of para-hydroxylation sites is 1. The summed E-state index contributed by atoms with van der Waals surface area (Å²) in [5, 5.41) is 4.83. The van der Waals surface area contributed by atoms with Crippen LogP contribution >= 0.6 is 11.6 Å². The lowest BCUT2D eigenvalue weighted by Crippen LogP contribution is -2.40. The summed E-state index contributed by atoms with van der Waals surface area (Å²) in [4.78, 5) is 21.9. The molecule has 3 heterocycles. The molecule has 0 radical (unpaired) electrons. The summed E-state index contributed by atoms with van der Waals surface area (Å²) in [6.07, 6.45) is 1.76. The fourth-order valence-corrected chi connectivity index (χ4v) is 3.14. The molecule has 1 atom stereocenters. The van der Waals surface area contributed by atoms with E-state index in [1.165, 1.54) is 0 Å². The van der Waals surface area contributed by atoms with Crippen LogP contribution in [0.15, 0.2) is 30.5 Å². The number of imidazole rings is 1. The SMILES string of the molecule is C[C@H]1CN(C(=O)c2nc3c(Cl)cccc3[nH]2)Cc2ccnn21. The van der Waals surface area contributed by atoms with Crippen molar-refractivity contribution < 1.29 is 4.79 Å². The van der Waals surface area contributed by atoms with Crippen molar-refractivity contribution in [3.05, 3.63) is 47.0 Å². The second kappa shape index (κ2) is 4.84. The van der Waals surface area contributed by atoms with Crippen molar-refractivity contribution in [1.29, 1.82) is 0 Å². The molecule has 3 aromatic rings. The maximum absolute atomic E-state index is 12.7. The zero-order valence-corrected chi connectivity index (χ0v) is 12.7. The number of amides is 1.